The number of nitrogens with two attached hydrogens (primary N) is 1. The van der Waals surface area contributed by atoms with Crippen LogP contribution in [0.25, 0.3) is 0 Å². The van der Waals surface area contributed by atoms with Crippen LogP contribution in [0.1, 0.15) is 23.7 Å². The summed E-state index contributed by atoms with van der Waals surface area (Å²) in [6.45, 7) is 0. The van der Waals surface area contributed by atoms with Crippen LogP contribution in [0.2, 0.25) is 0 Å². The molecule has 0 spiro atoms. The number of para-hydroxylation sites is 1. The van der Waals surface area contributed by atoms with E-state index in [9.17, 15) is 4.79 Å². The predicted octanol–water partition coefficient (Wildman–Crippen LogP) is 2.30. The minimum Gasteiger partial charge on any atom is -0.496 e. The molecule has 18 heavy (non-hydrogen) atoms. The highest BCUT2D eigenvalue weighted by Crippen LogP contribution is 2.34. The molecule has 2 aromatic rings. The third-order valence-electron chi connectivity index (χ3n) is 2.81. The molecule has 0 fully saturated rings. The highest BCUT2D eigenvalue weighted by Gasteiger charge is 2.22. The molecule has 0 bridgehead atoms. The van der Waals surface area contributed by atoms with Gasteiger partial charge in [0.15, 0.2) is 0 Å². The number of methoxy groups -OCH3 is 1. The molecule has 1 atom stereocenters. The van der Waals surface area contributed by atoms with Crippen LogP contribution in [0.5, 0.6) is 5.75 Å². The Labute approximate surface area is 105 Å². The van der Waals surface area contributed by atoms with Crippen LogP contribution in [0.4, 0.5) is 0 Å². The number of hydrogen-bond donors (Lipinski definition) is 1. The minimum absolute atomic E-state index is 0.188. The summed E-state index contributed by atoms with van der Waals surface area (Å²) in [5.74, 6) is 0.842. The second-order valence-electron chi connectivity index (χ2n) is 3.98. The summed E-state index contributed by atoms with van der Waals surface area (Å²) in [5.41, 5.74) is 6.20. The fourth-order valence-electron chi connectivity index (χ4n) is 2.01. The SMILES string of the molecule is COc1ccccc1C(CC(N)=O)c1ccco1. The third kappa shape index (κ3) is 2.53. The van der Waals surface area contributed by atoms with Gasteiger partial charge in [0, 0.05) is 12.0 Å². The van der Waals surface area contributed by atoms with Crippen molar-refractivity contribution in [2.24, 2.45) is 5.73 Å². The van der Waals surface area contributed by atoms with Crippen LogP contribution in [0, 0.1) is 0 Å². The van der Waals surface area contributed by atoms with Gasteiger partial charge in [-0.15, -0.1) is 0 Å². The molecule has 0 saturated carbocycles. The summed E-state index contributed by atoms with van der Waals surface area (Å²) in [4.78, 5) is 11.2. The van der Waals surface area contributed by atoms with Gasteiger partial charge in [0.1, 0.15) is 11.5 Å². The molecule has 94 valence electrons. The summed E-state index contributed by atoms with van der Waals surface area (Å²) in [6, 6.07) is 11.2. The smallest absolute Gasteiger partial charge is 0.218 e. The van der Waals surface area contributed by atoms with Gasteiger partial charge in [-0.3, -0.25) is 4.79 Å². The number of carbonyl (C=O) groups is 1. The minimum atomic E-state index is -0.373. The number of amides is 1. The Kier molecular flexibility index (Phi) is 3.67. The van der Waals surface area contributed by atoms with Gasteiger partial charge >= 0.3 is 0 Å². The van der Waals surface area contributed by atoms with E-state index in [1.165, 1.54) is 0 Å². The van der Waals surface area contributed by atoms with E-state index in [4.69, 9.17) is 14.9 Å². The summed E-state index contributed by atoms with van der Waals surface area (Å²) >= 11 is 0. The van der Waals surface area contributed by atoms with E-state index in [0.717, 1.165) is 11.3 Å². The first-order valence-electron chi connectivity index (χ1n) is 5.67. The molecule has 1 aromatic carbocycles. The van der Waals surface area contributed by atoms with Crippen molar-refractivity contribution >= 4 is 5.91 Å². The van der Waals surface area contributed by atoms with E-state index in [0.29, 0.717) is 5.76 Å². The largest absolute Gasteiger partial charge is 0.496 e. The lowest BCUT2D eigenvalue weighted by atomic mass is 9.92. The molecule has 1 unspecified atom stereocenters. The first kappa shape index (κ1) is 12.2. The van der Waals surface area contributed by atoms with Gasteiger partial charge in [0.2, 0.25) is 5.91 Å². The van der Waals surface area contributed by atoms with Crippen LogP contribution in [-0.4, -0.2) is 13.0 Å². The number of rotatable bonds is 5. The standard InChI is InChI=1S/C14H15NO3/c1-17-12-6-3-2-5-10(12)11(9-14(15)16)13-7-4-8-18-13/h2-8,11H,9H2,1H3,(H2,15,16). The van der Waals surface area contributed by atoms with Gasteiger partial charge in [-0.1, -0.05) is 18.2 Å². The second kappa shape index (κ2) is 5.40. The van der Waals surface area contributed by atoms with Crippen LogP contribution in [0.3, 0.4) is 0 Å². The zero-order chi connectivity index (χ0) is 13.0. The number of furan rings is 1. The van der Waals surface area contributed by atoms with E-state index in [-0.39, 0.29) is 18.2 Å². The quantitative estimate of drug-likeness (QED) is 0.878. The van der Waals surface area contributed by atoms with Crippen molar-refractivity contribution in [1.82, 2.24) is 0 Å². The monoisotopic (exact) mass is 245 g/mol. The van der Waals surface area contributed by atoms with Crippen LogP contribution < -0.4 is 10.5 Å². The maximum absolute atomic E-state index is 11.2. The predicted molar refractivity (Wildman–Crippen MR) is 67.4 cm³/mol. The van der Waals surface area contributed by atoms with Gasteiger partial charge < -0.3 is 14.9 Å². The first-order chi connectivity index (χ1) is 8.72. The molecule has 4 heteroatoms. The summed E-state index contributed by atoms with van der Waals surface area (Å²) in [5, 5.41) is 0. The van der Waals surface area contributed by atoms with E-state index in [1.807, 2.05) is 30.3 Å². The number of primary amides is 1. The van der Waals surface area contributed by atoms with E-state index < -0.39 is 0 Å². The fraction of sp³-hybridized carbons (Fsp3) is 0.214. The third-order valence-corrected chi connectivity index (χ3v) is 2.81. The maximum atomic E-state index is 11.2. The lowest BCUT2D eigenvalue weighted by molar-refractivity contribution is -0.118. The van der Waals surface area contributed by atoms with E-state index >= 15 is 0 Å². The van der Waals surface area contributed by atoms with E-state index in [2.05, 4.69) is 0 Å². The highest BCUT2D eigenvalue weighted by molar-refractivity contribution is 5.75. The van der Waals surface area contributed by atoms with Crippen LogP contribution >= 0.6 is 0 Å². The van der Waals surface area contributed by atoms with Gasteiger partial charge in [-0.25, -0.2) is 0 Å². The van der Waals surface area contributed by atoms with Crippen molar-refractivity contribution in [2.45, 2.75) is 12.3 Å². The molecule has 1 aromatic heterocycles. The molecular formula is C14H15NO3. The molecular weight excluding hydrogens is 230 g/mol. The number of hydrogen-bond acceptors (Lipinski definition) is 3. The van der Waals surface area contributed by atoms with Gasteiger partial charge in [0.05, 0.1) is 19.3 Å². The first-order valence-corrected chi connectivity index (χ1v) is 5.67. The Hall–Kier alpha value is -2.23. The second-order valence-corrected chi connectivity index (χ2v) is 3.98. The van der Waals surface area contributed by atoms with Crippen LogP contribution in [0.15, 0.2) is 47.1 Å². The zero-order valence-electron chi connectivity index (χ0n) is 10.1. The molecule has 2 rings (SSSR count). The molecule has 0 aliphatic heterocycles. The van der Waals surface area contributed by atoms with Crippen molar-refractivity contribution in [3.63, 3.8) is 0 Å². The summed E-state index contributed by atoms with van der Waals surface area (Å²) < 4.78 is 10.7. The van der Waals surface area contributed by atoms with Crippen molar-refractivity contribution in [2.75, 3.05) is 7.11 Å². The van der Waals surface area contributed by atoms with Gasteiger partial charge in [-0.2, -0.15) is 0 Å². The Morgan fingerprint density at radius 1 is 1.33 bits per heavy atom. The lowest BCUT2D eigenvalue weighted by Crippen LogP contribution is -2.16. The highest BCUT2D eigenvalue weighted by atomic mass is 16.5. The Morgan fingerprint density at radius 2 is 2.11 bits per heavy atom. The molecule has 0 aliphatic rings. The molecule has 2 N–H and O–H groups in total. The topological polar surface area (TPSA) is 65.5 Å². The normalized spacial score (nSPS) is 12.1. The number of ether oxygens (including phenoxy) is 1. The van der Waals surface area contributed by atoms with Gasteiger partial charge in [-0.05, 0) is 18.2 Å². The Morgan fingerprint density at radius 3 is 2.72 bits per heavy atom. The lowest BCUT2D eigenvalue weighted by Gasteiger charge is -2.16. The summed E-state index contributed by atoms with van der Waals surface area (Å²) in [7, 11) is 1.60. The maximum Gasteiger partial charge on any atom is 0.218 e. The number of carbonyl (C=O) groups excluding carboxylic acids is 1. The summed E-state index contributed by atoms with van der Waals surface area (Å²) in [6.07, 6.45) is 1.77. The van der Waals surface area contributed by atoms with E-state index in [1.54, 1.807) is 19.4 Å². The average molecular weight is 245 g/mol. The Balaban J connectivity index is 2.43. The number of benzene rings is 1. The van der Waals surface area contributed by atoms with Crippen molar-refractivity contribution in [3.8, 4) is 5.75 Å². The Bertz CT molecular complexity index is 520. The molecule has 0 aliphatic carbocycles. The van der Waals surface area contributed by atoms with Gasteiger partial charge in [0.25, 0.3) is 0 Å². The molecule has 4 nitrogen and oxygen atoms in total. The van der Waals surface area contributed by atoms with Crippen molar-refractivity contribution in [1.29, 1.82) is 0 Å². The molecule has 1 heterocycles. The zero-order valence-corrected chi connectivity index (χ0v) is 10.1. The average Bonchev–Trinajstić information content (AvgIpc) is 2.89. The van der Waals surface area contributed by atoms with Crippen molar-refractivity contribution in [3.05, 3.63) is 54.0 Å². The van der Waals surface area contributed by atoms with Crippen LogP contribution in [-0.2, 0) is 4.79 Å². The molecule has 0 saturated heterocycles. The fourth-order valence-corrected chi connectivity index (χ4v) is 2.01. The molecule has 0 radical (unpaired) electrons. The van der Waals surface area contributed by atoms with Crippen molar-refractivity contribution < 1.29 is 13.9 Å². The molecule has 1 amide bonds.